The van der Waals surface area contributed by atoms with Gasteiger partial charge in [0.1, 0.15) is 11.4 Å². The summed E-state index contributed by atoms with van der Waals surface area (Å²) in [6.45, 7) is 8.93. The molecule has 1 saturated heterocycles. The molecule has 3 saturated carbocycles. The number of anilines is 1. The number of benzene rings is 1. The van der Waals surface area contributed by atoms with E-state index in [1.807, 2.05) is 32.9 Å². The summed E-state index contributed by atoms with van der Waals surface area (Å²) in [7, 11) is 1.72. The van der Waals surface area contributed by atoms with Gasteiger partial charge < -0.3 is 19.3 Å². The van der Waals surface area contributed by atoms with Crippen molar-refractivity contribution in [2.75, 3.05) is 25.2 Å². The molecule has 39 heavy (non-hydrogen) atoms. The van der Waals surface area contributed by atoms with Crippen molar-refractivity contribution in [1.82, 2.24) is 0 Å². The minimum Gasteiger partial charge on any atom is -0.443 e. The maximum atomic E-state index is 13.3. The van der Waals surface area contributed by atoms with Gasteiger partial charge in [-0.05, 0) is 88.0 Å². The fraction of sp³-hybridized carbons (Fsp3) is 0.688. The summed E-state index contributed by atoms with van der Waals surface area (Å²) < 4.78 is 17.6. The standard InChI is InChI=1S/C32H43NO6/c1-29(2,3)39-28(35)33(5)21-8-6-20(7-9-21)23-18-30(4)24(10-11-26(30)34)22-12-14-31(36)19-32(37-16-17-38-32)15-13-25(31)27(22)23/h6-9,22-24,36H,10-19H2,1-5H3/t22?,23-,24+,30+,31-/m1/s1. The maximum absolute atomic E-state index is 13.3. The molecule has 4 aliphatic carbocycles. The number of Topliss-reactive ketones (excluding diaryl/α,β-unsaturated/α-hetero) is 1. The second-order valence-electron chi connectivity index (χ2n) is 13.8. The molecule has 1 aromatic carbocycles. The van der Waals surface area contributed by atoms with Crippen LogP contribution in [0.5, 0.6) is 0 Å². The molecule has 1 spiro atoms. The summed E-state index contributed by atoms with van der Waals surface area (Å²) in [5.41, 5.74) is 2.59. The van der Waals surface area contributed by atoms with Crippen molar-refractivity contribution in [1.29, 1.82) is 0 Å². The van der Waals surface area contributed by atoms with E-state index in [1.165, 1.54) is 16.0 Å². The van der Waals surface area contributed by atoms with Crippen molar-refractivity contribution >= 4 is 17.6 Å². The molecule has 7 heteroatoms. The smallest absolute Gasteiger partial charge is 0.414 e. The molecule has 7 nitrogen and oxygen atoms in total. The number of ketones is 1. The van der Waals surface area contributed by atoms with Gasteiger partial charge in [0.25, 0.3) is 0 Å². The average Bonchev–Trinajstić information content (AvgIpc) is 3.44. The van der Waals surface area contributed by atoms with Crippen LogP contribution in [0.25, 0.3) is 0 Å². The first kappa shape index (κ1) is 27.0. The van der Waals surface area contributed by atoms with Crippen LogP contribution < -0.4 is 4.90 Å². The maximum Gasteiger partial charge on any atom is 0.414 e. The Balaban J connectivity index is 1.37. The molecule has 0 radical (unpaired) electrons. The Morgan fingerprint density at radius 2 is 1.77 bits per heavy atom. The van der Waals surface area contributed by atoms with Gasteiger partial charge in [0, 0.05) is 43.3 Å². The Labute approximate surface area is 231 Å². The zero-order chi connectivity index (χ0) is 27.8. The Hall–Kier alpha value is -2.22. The van der Waals surface area contributed by atoms with E-state index in [9.17, 15) is 14.7 Å². The monoisotopic (exact) mass is 537 g/mol. The van der Waals surface area contributed by atoms with Crippen LogP contribution >= 0.6 is 0 Å². The highest BCUT2D eigenvalue weighted by Gasteiger charge is 2.60. The first-order valence-electron chi connectivity index (χ1n) is 14.7. The van der Waals surface area contributed by atoms with Gasteiger partial charge in [0.05, 0.1) is 18.8 Å². The van der Waals surface area contributed by atoms with E-state index >= 15 is 0 Å². The molecule has 1 unspecified atom stereocenters. The number of fused-ring (bicyclic) bond motifs is 4. The van der Waals surface area contributed by atoms with Crippen molar-refractivity contribution < 1.29 is 28.9 Å². The van der Waals surface area contributed by atoms with Gasteiger partial charge >= 0.3 is 6.09 Å². The minimum absolute atomic E-state index is 0.0560. The topological polar surface area (TPSA) is 85.3 Å². The quantitative estimate of drug-likeness (QED) is 0.473. The highest BCUT2D eigenvalue weighted by molar-refractivity contribution is 5.88. The molecule has 0 bridgehead atoms. The van der Waals surface area contributed by atoms with Crippen LogP contribution in [-0.2, 0) is 19.0 Å². The summed E-state index contributed by atoms with van der Waals surface area (Å²) >= 11 is 0. The number of rotatable bonds is 2. The van der Waals surface area contributed by atoms with Crippen molar-refractivity contribution in [2.45, 2.75) is 102 Å². The predicted octanol–water partition coefficient (Wildman–Crippen LogP) is 5.90. The second-order valence-corrected chi connectivity index (χ2v) is 13.8. The molecule has 212 valence electrons. The number of carbonyl (C=O) groups is 2. The summed E-state index contributed by atoms with van der Waals surface area (Å²) in [5.74, 6) is 0.418. The summed E-state index contributed by atoms with van der Waals surface area (Å²) in [4.78, 5) is 27.4. The predicted molar refractivity (Wildman–Crippen MR) is 147 cm³/mol. The van der Waals surface area contributed by atoms with Crippen molar-refractivity contribution in [2.24, 2.45) is 17.3 Å². The van der Waals surface area contributed by atoms with Crippen LogP contribution in [0.1, 0.15) is 90.5 Å². The van der Waals surface area contributed by atoms with E-state index in [0.717, 1.165) is 43.4 Å². The van der Waals surface area contributed by atoms with Crippen molar-refractivity contribution in [3.05, 3.63) is 41.0 Å². The van der Waals surface area contributed by atoms with Crippen LogP contribution in [0.4, 0.5) is 10.5 Å². The lowest BCUT2D eigenvalue weighted by molar-refractivity contribution is -0.208. The van der Waals surface area contributed by atoms with Gasteiger partial charge in [-0.1, -0.05) is 24.6 Å². The molecular formula is C32H43NO6. The normalized spacial score (nSPS) is 35.4. The van der Waals surface area contributed by atoms with Crippen molar-refractivity contribution in [3.8, 4) is 0 Å². The fourth-order valence-electron chi connectivity index (χ4n) is 8.45. The zero-order valence-corrected chi connectivity index (χ0v) is 24.0. The number of allylic oxidation sites excluding steroid dienone is 1. The third-order valence-electron chi connectivity index (χ3n) is 10.3. The first-order valence-corrected chi connectivity index (χ1v) is 14.7. The highest BCUT2D eigenvalue weighted by Crippen LogP contribution is 2.64. The minimum atomic E-state index is -0.931. The van der Waals surface area contributed by atoms with Gasteiger partial charge in [0.2, 0.25) is 0 Å². The van der Waals surface area contributed by atoms with E-state index in [1.54, 1.807) is 7.05 Å². The van der Waals surface area contributed by atoms with Crippen molar-refractivity contribution in [3.63, 3.8) is 0 Å². The number of hydrogen-bond acceptors (Lipinski definition) is 6. The van der Waals surface area contributed by atoms with E-state index < -0.39 is 23.1 Å². The molecule has 1 amide bonds. The van der Waals surface area contributed by atoms with E-state index in [4.69, 9.17) is 14.2 Å². The fourth-order valence-corrected chi connectivity index (χ4v) is 8.45. The molecule has 5 atom stereocenters. The van der Waals surface area contributed by atoms with Crippen LogP contribution in [0.15, 0.2) is 35.4 Å². The molecule has 1 aliphatic heterocycles. The van der Waals surface area contributed by atoms with Gasteiger partial charge in [0.15, 0.2) is 5.79 Å². The average molecular weight is 538 g/mol. The lowest BCUT2D eigenvalue weighted by atomic mass is 9.51. The second kappa shape index (κ2) is 9.15. The third-order valence-corrected chi connectivity index (χ3v) is 10.3. The number of amides is 1. The number of nitrogens with zero attached hydrogens (tertiary/aromatic N) is 1. The molecule has 1 N–H and O–H groups in total. The van der Waals surface area contributed by atoms with Gasteiger partial charge in [-0.2, -0.15) is 0 Å². The molecule has 0 aromatic heterocycles. The number of aliphatic hydroxyl groups is 1. The van der Waals surface area contributed by atoms with Gasteiger partial charge in [-0.3, -0.25) is 9.69 Å². The number of hydrogen-bond donors (Lipinski definition) is 1. The van der Waals surface area contributed by atoms with E-state index in [0.29, 0.717) is 50.1 Å². The van der Waals surface area contributed by atoms with Crippen LogP contribution in [0.3, 0.4) is 0 Å². The first-order chi connectivity index (χ1) is 18.3. The molecule has 4 fully saturated rings. The Morgan fingerprint density at radius 1 is 1.08 bits per heavy atom. The van der Waals surface area contributed by atoms with Gasteiger partial charge in [-0.15, -0.1) is 0 Å². The lowest BCUT2D eigenvalue weighted by Crippen LogP contribution is -2.53. The Kier molecular flexibility index (Phi) is 6.33. The summed E-state index contributed by atoms with van der Waals surface area (Å²) in [5, 5.41) is 12.1. The third kappa shape index (κ3) is 4.45. The Bertz CT molecular complexity index is 1190. The lowest BCUT2D eigenvalue weighted by Gasteiger charge is -2.55. The zero-order valence-electron chi connectivity index (χ0n) is 24.0. The highest BCUT2D eigenvalue weighted by atomic mass is 16.7. The molecule has 5 aliphatic rings. The van der Waals surface area contributed by atoms with Crippen LogP contribution in [0, 0.1) is 17.3 Å². The number of ether oxygens (including phenoxy) is 3. The van der Waals surface area contributed by atoms with E-state index in [-0.39, 0.29) is 11.3 Å². The SMILES string of the molecule is CN(C(=O)OC(C)(C)C)c1ccc([C@H]2C[C@]3(C)C(=O)CC[C@H]3C3CC[C@@]4(O)CC5(CCC4=C32)OCCO5)cc1. The molecule has 1 aromatic rings. The molecule has 1 heterocycles. The van der Waals surface area contributed by atoms with Crippen LogP contribution in [-0.4, -0.2) is 54.2 Å². The van der Waals surface area contributed by atoms with Crippen LogP contribution in [0.2, 0.25) is 0 Å². The van der Waals surface area contributed by atoms with E-state index in [2.05, 4.69) is 19.1 Å². The van der Waals surface area contributed by atoms with Gasteiger partial charge in [-0.25, -0.2) is 4.79 Å². The largest absolute Gasteiger partial charge is 0.443 e. The Morgan fingerprint density at radius 3 is 2.44 bits per heavy atom. The summed E-state index contributed by atoms with van der Waals surface area (Å²) in [6, 6.07) is 8.12. The molecular weight excluding hydrogens is 494 g/mol. The molecule has 6 rings (SSSR count). The summed E-state index contributed by atoms with van der Waals surface area (Å²) in [6.07, 6.45) is 5.55. The number of carbonyl (C=O) groups excluding carboxylic acids is 2.